The van der Waals surface area contributed by atoms with E-state index in [0.717, 1.165) is 44.3 Å². The number of nitrogens with zero attached hydrogens (tertiary/aromatic N) is 4. The lowest BCUT2D eigenvalue weighted by Gasteiger charge is -2.05. The zero-order valence-corrected chi connectivity index (χ0v) is 16.6. The van der Waals surface area contributed by atoms with Crippen LogP contribution < -0.4 is 4.74 Å². The average Bonchev–Trinajstić information content (AvgIpc) is 3.34. The largest absolute Gasteiger partial charge is 0.497 e. The Morgan fingerprint density at radius 1 is 1.04 bits per heavy atom. The highest BCUT2D eigenvalue weighted by Crippen LogP contribution is 2.29. The molecule has 0 spiro atoms. The molecule has 0 amide bonds. The van der Waals surface area contributed by atoms with Crippen LogP contribution >= 0.6 is 23.1 Å². The van der Waals surface area contributed by atoms with Crippen molar-refractivity contribution in [3.63, 3.8) is 0 Å². The van der Waals surface area contributed by atoms with E-state index in [1.807, 2.05) is 54.1 Å². The van der Waals surface area contributed by atoms with E-state index in [4.69, 9.17) is 9.72 Å². The number of rotatable bonds is 6. The van der Waals surface area contributed by atoms with Gasteiger partial charge in [-0.1, -0.05) is 54.2 Å². The van der Waals surface area contributed by atoms with E-state index in [1.54, 1.807) is 30.2 Å². The molecular formula is C20H18N4OS2. The Morgan fingerprint density at radius 3 is 2.67 bits per heavy atom. The quantitative estimate of drug-likeness (QED) is 0.435. The summed E-state index contributed by atoms with van der Waals surface area (Å²) in [5.74, 6) is 2.38. The zero-order chi connectivity index (χ0) is 18.6. The number of methoxy groups -OCH3 is 1. The van der Waals surface area contributed by atoms with Gasteiger partial charge in [-0.05, 0) is 12.1 Å². The molecule has 0 radical (unpaired) electrons. The van der Waals surface area contributed by atoms with Crippen molar-refractivity contribution in [2.24, 2.45) is 7.05 Å². The number of benzene rings is 2. The Labute approximate surface area is 166 Å². The van der Waals surface area contributed by atoms with Crippen molar-refractivity contribution < 1.29 is 4.74 Å². The van der Waals surface area contributed by atoms with Crippen molar-refractivity contribution in [2.75, 3.05) is 7.11 Å². The predicted octanol–water partition coefficient (Wildman–Crippen LogP) is 4.91. The summed E-state index contributed by atoms with van der Waals surface area (Å²) in [5, 5.41) is 12.7. The van der Waals surface area contributed by atoms with Crippen molar-refractivity contribution in [2.45, 2.75) is 10.9 Å². The van der Waals surface area contributed by atoms with Crippen LogP contribution in [0.4, 0.5) is 0 Å². The molecule has 0 unspecified atom stereocenters. The predicted molar refractivity (Wildman–Crippen MR) is 110 cm³/mol. The molecule has 0 aliphatic heterocycles. The van der Waals surface area contributed by atoms with Gasteiger partial charge in [0.1, 0.15) is 10.8 Å². The maximum absolute atomic E-state index is 5.30. The Balaban J connectivity index is 1.48. The Morgan fingerprint density at radius 2 is 1.85 bits per heavy atom. The number of ether oxygens (including phenoxy) is 1. The second kappa shape index (κ2) is 7.94. The smallest absolute Gasteiger partial charge is 0.191 e. The fourth-order valence-corrected chi connectivity index (χ4v) is 4.41. The lowest BCUT2D eigenvalue weighted by molar-refractivity contribution is 0.415. The molecule has 4 aromatic rings. The van der Waals surface area contributed by atoms with Crippen LogP contribution in [-0.2, 0) is 12.8 Å². The minimum atomic E-state index is 0.757. The van der Waals surface area contributed by atoms with Gasteiger partial charge in [-0.3, -0.25) is 0 Å². The molecule has 4 rings (SSSR count). The molecule has 0 fully saturated rings. The number of aromatic nitrogens is 4. The Hall–Kier alpha value is -2.64. The van der Waals surface area contributed by atoms with E-state index < -0.39 is 0 Å². The number of hydrogen-bond donors (Lipinski definition) is 0. The number of hydrogen-bond acceptors (Lipinski definition) is 6. The van der Waals surface area contributed by atoms with Crippen LogP contribution in [0.5, 0.6) is 5.75 Å². The van der Waals surface area contributed by atoms with E-state index >= 15 is 0 Å². The van der Waals surface area contributed by atoms with Gasteiger partial charge in [-0.15, -0.1) is 21.5 Å². The molecule has 136 valence electrons. The van der Waals surface area contributed by atoms with Crippen molar-refractivity contribution in [1.29, 1.82) is 0 Å². The highest BCUT2D eigenvalue weighted by Gasteiger charge is 2.13. The van der Waals surface area contributed by atoms with Crippen LogP contribution in [0.25, 0.3) is 22.0 Å². The summed E-state index contributed by atoms with van der Waals surface area (Å²) >= 11 is 3.30. The molecular weight excluding hydrogens is 376 g/mol. The Kier molecular flexibility index (Phi) is 5.22. The van der Waals surface area contributed by atoms with Crippen LogP contribution in [0, 0.1) is 0 Å². The third kappa shape index (κ3) is 3.89. The van der Waals surface area contributed by atoms with Crippen LogP contribution in [0.3, 0.4) is 0 Å². The molecule has 0 aliphatic rings. The van der Waals surface area contributed by atoms with Gasteiger partial charge in [-0.25, -0.2) is 4.98 Å². The molecule has 0 saturated carbocycles. The minimum absolute atomic E-state index is 0.757. The summed E-state index contributed by atoms with van der Waals surface area (Å²) in [6.07, 6.45) is 0. The van der Waals surface area contributed by atoms with Crippen molar-refractivity contribution in [3.05, 3.63) is 65.7 Å². The summed E-state index contributed by atoms with van der Waals surface area (Å²) in [7, 11) is 3.64. The molecule has 2 heterocycles. The molecule has 2 aromatic heterocycles. The third-order valence-corrected chi connectivity index (χ3v) is 6.08. The number of thiazole rings is 1. The van der Waals surface area contributed by atoms with E-state index in [-0.39, 0.29) is 0 Å². The van der Waals surface area contributed by atoms with E-state index in [1.165, 1.54) is 0 Å². The van der Waals surface area contributed by atoms with Gasteiger partial charge in [0.15, 0.2) is 11.0 Å². The highest BCUT2D eigenvalue weighted by molar-refractivity contribution is 7.98. The average molecular weight is 395 g/mol. The number of thioether (sulfide) groups is 1. The molecule has 0 aliphatic carbocycles. The second-order valence-corrected chi connectivity index (χ2v) is 7.70. The molecule has 0 atom stereocenters. The van der Waals surface area contributed by atoms with E-state index in [2.05, 4.69) is 27.7 Å². The first kappa shape index (κ1) is 17.8. The molecule has 0 saturated heterocycles. The fraction of sp³-hybridized carbons (Fsp3) is 0.150. The Bertz CT molecular complexity index is 1040. The normalized spacial score (nSPS) is 10.9. The molecule has 27 heavy (non-hydrogen) atoms. The highest BCUT2D eigenvalue weighted by atomic mass is 32.2. The van der Waals surface area contributed by atoms with E-state index in [0.29, 0.717) is 0 Å². The van der Waals surface area contributed by atoms with Gasteiger partial charge >= 0.3 is 0 Å². The monoisotopic (exact) mass is 394 g/mol. The van der Waals surface area contributed by atoms with Crippen LogP contribution in [0.15, 0.2) is 65.1 Å². The van der Waals surface area contributed by atoms with Crippen LogP contribution in [0.2, 0.25) is 0 Å². The molecule has 0 N–H and O–H groups in total. The second-order valence-electron chi connectivity index (χ2n) is 5.90. The van der Waals surface area contributed by atoms with Gasteiger partial charge in [-0.2, -0.15) is 0 Å². The SMILES string of the molecule is COc1cccc(-c2nnc(SCc3csc(-c4ccccc4)n3)n2C)c1. The molecule has 7 heteroatoms. The first-order valence-electron chi connectivity index (χ1n) is 8.41. The fourth-order valence-electron chi connectivity index (χ4n) is 2.68. The zero-order valence-electron chi connectivity index (χ0n) is 15.0. The topological polar surface area (TPSA) is 52.8 Å². The summed E-state index contributed by atoms with van der Waals surface area (Å²) in [4.78, 5) is 4.74. The maximum Gasteiger partial charge on any atom is 0.191 e. The summed E-state index contributed by atoms with van der Waals surface area (Å²) < 4.78 is 7.30. The van der Waals surface area contributed by atoms with Crippen molar-refractivity contribution in [1.82, 2.24) is 19.7 Å². The van der Waals surface area contributed by atoms with Gasteiger partial charge in [0.05, 0.1) is 12.8 Å². The van der Waals surface area contributed by atoms with Crippen molar-refractivity contribution in [3.8, 4) is 27.7 Å². The first-order valence-corrected chi connectivity index (χ1v) is 10.3. The molecule has 2 aromatic carbocycles. The lowest BCUT2D eigenvalue weighted by atomic mass is 10.2. The van der Waals surface area contributed by atoms with Crippen LogP contribution in [-0.4, -0.2) is 26.9 Å². The van der Waals surface area contributed by atoms with Crippen LogP contribution in [0.1, 0.15) is 5.69 Å². The summed E-state index contributed by atoms with van der Waals surface area (Å²) in [6, 6.07) is 18.1. The summed E-state index contributed by atoms with van der Waals surface area (Å²) in [6.45, 7) is 0. The van der Waals surface area contributed by atoms with E-state index in [9.17, 15) is 0 Å². The van der Waals surface area contributed by atoms with Crippen molar-refractivity contribution >= 4 is 23.1 Å². The maximum atomic E-state index is 5.30. The van der Waals surface area contributed by atoms with Gasteiger partial charge in [0, 0.05) is 29.3 Å². The minimum Gasteiger partial charge on any atom is -0.497 e. The molecule has 0 bridgehead atoms. The lowest BCUT2D eigenvalue weighted by Crippen LogP contribution is -1.95. The summed E-state index contributed by atoms with van der Waals surface area (Å²) in [5.41, 5.74) is 3.18. The standard InChI is InChI=1S/C20H18N4OS2/c1-24-18(15-9-6-10-17(11-15)25-2)22-23-20(24)27-13-16-12-26-19(21-16)14-7-4-3-5-8-14/h3-12H,13H2,1-2H3. The first-order chi connectivity index (χ1) is 13.2. The van der Waals surface area contributed by atoms with Gasteiger partial charge in [0.2, 0.25) is 0 Å². The third-order valence-electron chi connectivity index (χ3n) is 4.08. The molecule has 5 nitrogen and oxygen atoms in total. The van der Waals surface area contributed by atoms with Gasteiger partial charge in [0.25, 0.3) is 0 Å². The van der Waals surface area contributed by atoms with Gasteiger partial charge < -0.3 is 9.30 Å².